The van der Waals surface area contributed by atoms with E-state index in [1.165, 1.54) is 0 Å². The number of hydrogen-bond donors (Lipinski definition) is 1. The molecule has 1 amide bonds. The summed E-state index contributed by atoms with van der Waals surface area (Å²) in [5.41, 5.74) is 6.43. The number of pyridine rings is 1. The third kappa shape index (κ3) is 2.76. The zero-order valence-electron chi connectivity index (χ0n) is 11.6. The van der Waals surface area contributed by atoms with Crippen LogP contribution >= 0.6 is 11.6 Å². The lowest BCUT2D eigenvalue weighted by Gasteiger charge is -2.40. The van der Waals surface area contributed by atoms with Crippen molar-refractivity contribution in [3.63, 3.8) is 0 Å². The molecule has 108 valence electrons. The van der Waals surface area contributed by atoms with Crippen LogP contribution in [0.2, 0.25) is 5.15 Å². The number of carbonyl (C=O) groups excluding carboxylic acids is 1. The molecule has 2 heterocycles. The smallest absolute Gasteiger partial charge is 0.217 e. The van der Waals surface area contributed by atoms with Crippen molar-refractivity contribution in [1.82, 2.24) is 4.98 Å². The molecule has 0 aromatic carbocycles. The van der Waals surface area contributed by atoms with Crippen molar-refractivity contribution in [2.24, 2.45) is 11.7 Å². The molecule has 6 nitrogen and oxygen atoms in total. The molecule has 0 spiro atoms. The van der Waals surface area contributed by atoms with Crippen LogP contribution in [-0.4, -0.2) is 24.0 Å². The van der Waals surface area contributed by atoms with Crippen LogP contribution in [0.3, 0.4) is 0 Å². The first-order valence-electron chi connectivity index (χ1n) is 6.57. The molecule has 1 aliphatic rings. The Morgan fingerprint density at radius 2 is 2.05 bits per heavy atom. The summed E-state index contributed by atoms with van der Waals surface area (Å²) in [4.78, 5) is 17.0. The highest BCUT2D eigenvalue weighted by Crippen LogP contribution is 2.33. The summed E-state index contributed by atoms with van der Waals surface area (Å²) < 4.78 is 0. The Balaban J connectivity index is 2.34. The molecule has 2 N–H and O–H groups in total. The van der Waals surface area contributed by atoms with Gasteiger partial charge in [0.05, 0.1) is 11.1 Å². The first kappa shape index (κ1) is 15.1. The van der Waals surface area contributed by atoms with E-state index in [4.69, 9.17) is 22.6 Å². The maximum atomic E-state index is 10.9. The predicted molar refractivity (Wildman–Crippen MR) is 77.6 cm³/mol. The van der Waals surface area contributed by atoms with Gasteiger partial charge in [-0.3, -0.25) is 4.79 Å². The van der Waals surface area contributed by atoms with Gasteiger partial charge >= 0.3 is 0 Å². The number of nitrogens with two attached hydrogens (primary N) is 1. The van der Waals surface area contributed by atoms with Crippen LogP contribution in [0.1, 0.15) is 30.0 Å². The SMILES string of the molecule is CCc1c(C#N)c(Cl)nc(N2CC(CC(N)=O)C2)c1C#N. The third-order valence-corrected chi connectivity index (χ3v) is 3.83. The van der Waals surface area contributed by atoms with Crippen LogP contribution in [0.15, 0.2) is 0 Å². The summed E-state index contributed by atoms with van der Waals surface area (Å²) in [6.07, 6.45) is 0.850. The summed E-state index contributed by atoms with van der Waals surface area (Å²) in [5.74, 6) is 0.328. The molecule has 0 saturated carbocycles. The number of nitriles is 2. The van der Waals surface area contributed by atoms with E-state index in [1.807, 2.05) is 17.9 Å². The van der Waals surface area contributed by atoms with E-state index in [1.54, 1.807) is 0 Å². The fourth-order valence-corrected chi connectivity index (χ4v) is 2.80. The van der Waals surface area contributed by atoms with Crippen LogP contribution in [0.25, 0.3) is 0 Å². The normalized spacial score (nSPS) is 14.2. The first-order valence-corrected chi connectivity index (χ1v) is 6.95. The Hall–Kier alpha value is -2.31. The van der Waals surface area contributed by atoms with Crippen LogP contribution < -0.4 is 10.6 Å². The number of halogens is 1. The van der Waals surface area contributed by atoms with Gasteiger partial charge in [0.1, 0.15) is 23.1 Å². The third-order valence-electron chi connectivity index (χ3n) is 3.56. The summed E-state index contributed by atoms with van der Waals surface area (Å²) in [6.45, 7) is 3.08. The van der Waals surface area contributed by atoms with Crippen LogP contribution in [0.4, 0.5) is 5.82 Å². The molecule has 21 heavy (non-hydrogen) atoms. The molecule has 1 fully saturated rings. The second kappa shape index (κ2) is 5.99. The van der Waals surface area contributed by atoms with Crippen molar-refractivity contribution in [2.45, 2.75) is 19.8 Å². The summed E-state index contributed by atoms with van der Waals surface area (Å²) >= 11 is 6.04. The molecule has 1 aromatic heterocycles. The van der Waals surface area contributed by atoms with Crippen molar-refractivity contribution in [3.05, 3.63) is 21.8 Å². The van der Waals surface area contributed by atoms with Crippen molar-refractivity contribution in [1.29, 1.82) is 10.5 Å². The number of primary amides is 1. The molecule has 0 unspecified atom stereocenters. The standard InChI is InChI=1S/C14H14ClN5O/c1-2-9-10(4-16)13(15)19-14(11(9)5-17)20-6-8(7-20)3-12(18)21/h8H,2-3,6-7H2,1H3,(H2,18,21). The second-order valence-corrected chi connectivity index (χ2v) is 5.33. The lowest BCUT2D eigenvalue weighted by atomic mass is 9.94. The summed E-state index contributed by atoms with van der Waals surface area (Å²) in [6, 6.07) is 4.12. The van der Waals surface area contributed by atoms with E-state index in [0.29, 0.717) is 42.9 Å². The maximum absolute atomic E-state index is 10.9. The topological polar surface area (TPSA) is 107 Å². The van der Waals surface area contributed by atoms with Gasteiger partial charge in [0.15, 0.2) is 0 Å². The van der Waals surface area contributed by atoms with Gasteiger partial charge in [-0.05, 0) is 12.0 Å². The lowest BCUT2D eigenvalue weighted by molar-refractivity contribution is -0.119. The van der Waals surface area contributed by atoms with Gasteiger partial charge in [0.2, 0.25) is 5.91 Å². The van der Waals surface area contributed by atoms with E-state index in [9.17, 15) is 10.1 Å². The fraction of sp³-hybridized carbons (Fsp3) is 0.429. The Morgan fingerprint density at radius 1 is 1.43 bits per heavy atom. The number of rotatable bonds is 4. The molecule has 0 aliphatic carbocycles. The predicted octanol–water partition coefficient (Wildman–Crippen LogP) is 1.35. The quantitative estimate of drug-likeness (QED) is 0.845. The molecule has 1 aliphatic heterocycles. The van der Waals surface area contributed by atoms with Gasteiger partial charge in [-0.15, -0.1) is 0 Å². The molecule has 2 rings (SSSR count). The summed E-state index contributed by atoms with van der Waals surface area (Å²) in [7, 11) is 0. The lowest BCUT2D eigenvalue weighted by Crippen LogP contribution is -2.49. The van der Waals surface area contributed by atoms with Crippen molar-refractivity contribution >= 4 is 23.3 Å². The molecule has 7 heteroatoms. The minimum absolute atomic E-state index is 0.113. The fourth-order valence-electron chi connectivity index (χ4n) is 2.56. The second-order valence-electron chi connectivity index (χ2n) is 4.97. The number of carbonyl (C=O) groups is 1. The zero-order chi connectivity index (χ0) is 15.6. The van der Waals surface area contributed by atoms with Crippen molar-refractivity contribution in [2.75, 3.05) is 18.0 Å². The Morgan fingerprint density at radius 3 is 2.52 bits per heavy atom. The highest BCUT2D eigenvalue weighted by Gasteiger charge is 2.32. The molecule has 0 atom stereocenters. The molecule has 1 saturated heterocycles. The highest BCUT2D eigenvalue weighted by molar-refractivity contribution is 6.30. The average Bonchev–Trinajstić information content (AvgIpc) is 2.40. The van der Waals surface area contributed by atoms with Crippen molar-refractivity contribution in [3.8, 4) is 12.1 Å². The monoisotopic (exact) mass is 303 g/mol. The number of anilines is 1. The van der Waals surface area contributed by atoms with Gasteiger partial charge < -0.3 is 10.6 Å². The number of aromatic nitrogens is 1. The maximum Gasteiger partial charge on any atom is 0.217 e. The van der Waals surface area contributed by atoms with E-state index in [2.05, 4.69) is 11.1 Å². The van der Waals surface area contributed by atoms with E-state index in [0.717, 1.165) is 0 Å². The molecule has 0 radical (unpaired) electrons. The number of amides is 1. The Kier molecular flexibility index (Phi) is 4.30. The molecule has 1 aromatic rings. The van der Waals surface area contributed by atoms with Gasteiger partial charge in [-0.2, -0.15) is 10.5 Å². The Labute approximate surface area is 127 Å². The number of hydrogen-bond acceptors (Lipinski definition) is 5. The highest BCUT2D eigenvalue weighted by atomic mass is 35.5. The van der Waals surface area contributed by atoms with Crippen LogP contribution in [-0.2, 0) is 11.2 Å². The zero-order valence-corrected chi connectivity index (χ0v) is 12.3. The van der Waals surface area contributed by atoms with E-state index < -0.39 is 0 Å². The Bertz CT molecular complexity index is 667. The van der Waals surface area contributed by atoms with E-state index >= 15 is 0 Å². The van der Waals surface area contributed by atoms with Crippen LogP contribution in [0, 0.1) is 28.6 Å². The average molecular weight is 304 g/mol. The van der Waals surface area contributed by atoms with Crippen LogP contribution in [0.5, 0.6) is 0 Å². The first-order chi connectivity index (χ1) is 10.0. The molecular formula is C14H14ClN5O. The van der Waals surface area contributed by atoms with Crippen molar-refractivity contribution < 1.29 is 4.79 Å². The van der Waals surface area contributed by atoms with Gasteiger partial charge in [-0.25, -0.2) is 4.98 Å². The molecule has 0 bridgehead atoms. The van der Waals surface area contributed by atoms with Gasteiger partial charge in [0, 0.05) is 25.4 Å². The molecular weight excluding hydrogens is 290 g/mol. The minimum atomic E-state index is -0.333. The number of nitrogens with zero attached hydrogens (tertiary/aromatic N) is 4. The van der Waals surface area contributed by atoms with Gasteiger partial charge in [-0.1, -0.05) is 18.5 Å². The van der Waals surface area contributed by atoms with Gasteiger partial charge in [0.25, 0.3) is 0 Å². The minimum Gasteiger partial charge on any atom is -0.370 e. The summed E-state index contributed by atoms with van der Waals surface area (Å²) in [5, 5.41) is 18.6. The van der Waals surface area contributed by atoms with E-state index in [-0.39, 0.29) is 22.5 Å². The largest absolute Gasteiger partial charge is 0.370 e.